The third-order valence-electron chi connectivity index (χ3n) is 4.43. The van der Waals surface area contributed by atoms with Gasteiger partial charge in [0.05, 0.1) is 6.10 Å². The van der Waals surface area contributed by atoms with Crippen molar-refractivity contribution in [2.24, 2.45) is 5.92 Å². The van der Waals surface area contributed by atoms with E-state index in [1.165, 1.54) is 0 Å². The smallest absolute Gasteiger partial charge is 0.393 e. The van der Waals surface area contributed by atoms with Crippen molar-refractivity contribution in [1.29, 1.82) is 0 Å². The van der Waals surface area contributed by atoms with Gasteiger partial charge in [-0.25, -0.2) is 0 Å². The number of aromatic nitrogens is 4. The molecule has 3 rings (SSSR count). The van der Waals surface area contributed by atoms with Crippen LogP contribution in [0.25, 0.3) is 5.65 Å². The van der Waals surface area contributed by atoms with Gasteiger partial charge in [-0.3, -0.25) is 0 Å². The summed E-state index contributed by atoms with van der Waals surface area (Å²) in [5.74, 6) is -0.318. The molecular formula is C14H18F3N5O. The molecule has 1 fully saturated rings. The van der Waals surface area contributed by atoms with Crippen LogP contribution in [-0.4, -0.2) is 44.6 Å². The second-order valence-corrected chi connectivity index (χ2v) is 6.20. The van der Waals surface area contributed by atoms with E-state index >= 15 is 0 Å². The molecule has 0 bridgehead atoms. The predicted molar refractivity (Wildman–Crippen MR) is 77.3 cm³/mol. The van der Waals surface area contributed by atoms with Crippen molar-refractivity contribution in [2.45, 2.75) is 39.0 Å². The van der Waals surface area contributed by atoms with Gasteiger partial charge in [0.25, 0.3) is 5.82 Å². The molecule has 1 aliphatic carbocycles. The lowest BCUT2D eigenvalue weighted by Crippen LogP contribution is -2.37. The van der Waals surface area contributed by atoms with Crippen LogP contribution in [-0.2, 0) is 6.18 Å². The topological polar surface area (TPSA) is 66.5 Å². The lowest BCUT2D eigenvalue weighted by atomic mass is 9.82. The molecule has 6 nitrogen and oxygen atoms in total. The maximum absolute atomic E-state index is 13.0. The Kier molecular flexibility index (Phi) is 3.70. The van der Waals surface area contributed by atoms with Crippen LogP contribution in [0.3, 0.4) is 0 Å². The number of halogens is 3. The summed E-state index contributed by atoms with van der Waals surface area (Å²) in [5, 5.41) is 20.4. The molecule has 0 atom stereocenters. The van der Waals surface area contributed by atoms with E-state index in [0.29, 0.717) is 36.7 Å². The van der Waals surface area contributed by atoms with Gasteiger partial charge in [0, 0.05) is 24.7 Å². The molecule has 23 heavy (non-hydrogen) atoms. The summed E-state index contributed by atoms with van der Waals surface area (Å²) in [7, 11) is 1.79. The van der Waals surface area contributed by atoms with Crippen LogP contribution < -0.4 is 4.90 Å². The first-order valence-corrected chi connectivity index (χ1v) is 7.37. The van der Waals surface area contributed by atoms with E-state index in [0.717, 1.165) is 10.1 Å². The SMILES string of the molecule is Cc1c(N(C)CC2CC(O)C2)nn2c(C(F)(F)F)nnc2c1C. The van der Waals surface area contributed by atoms with Crippen molar-refractivity contribution in [3.8, 4) is 0 Å². The normalized spacial score (nSPS) is 21.5. The minimum atomic E-state index is -4.61. The van der Waals surface area contributed by atoms with Crippen LogP contribution in [0.1, 0.15) is 29.8 Å². The fraction of sp³-hybridized carbons (Fsp3) is 0.643. The van der Waals surface area contributed by atoms with E-state index in [1.54, 1.807) is 14.0 Å². The van der Waals surface area contributed by atoms with Crippen molar-refractivity contribution in [3.05, 3.63) is 17.0 Å². The van der Waals surface area contributed by atoms with E-state index in [2.05, 4.69) is 15.3 Å². The summed E-state index contributed by atoms with van der Waals surface area (Å²) in [6, 6.07) is 0. The first-order valence-electron chi connectivity index (χ1n) is 7.37. The minimum Gasteiger partial charge on any atom is -0.393 e. The van der Waals surface area contributed by atoms with Crippen LogP contribution in [0.2, 0.25) is 0 Å². The van der Waals surface area contributed by atoms with Gasteiger partial charge in [-0.2, -0.15) is 17.7 Å². The molecule has 0 aromatic carbocycles. The first-order chi connectivity index (χ1) is 10.7. The second kappa shape index (κ2) is 5.33. The summed E-state index contributed by atoms with van der Waals surface area (Å²) in [5.41, 5.74) is 1.52. The summed E-state index contributed by atoms with van der Waals surface area (Å²) in [6.45, 7) is 4.16. The van der Waals surface area contributed by atoms with Gasteiger partial charge in [0.1, 0.15) is 0 Å². The Hall–Kier alpha value is -1.90. The third kappa shape index (κ3) is 2.73. The number of nitrogens with zero attached hydrogens (tertiary/aromatic N) is 5. The Balaban J connectivity index is 2.01. The average Bonchev–Trinajstić information content (AvgIpc) is 2.84. The highest BCUT2D eigenvalue weighted by atomic mass is 19.4. The fourth-order valence-electron chi connectivity index (χ4n) is 2.98. The van der Waals surface area contributed by atoms with Crippen LogP contribution in [0.15, 0.2) is 0 Å². The second-order valence-electron chi connectivity index (χ2n) is 6.20. The standard InChI is InChI=1S/C14H18F3N5O/c1-7-8(2)12(21(3)6-9-4-10(23)5-9)20-22-11(7)18-19-13(22)14(15,16)17/h9-10,23H,4-6H2,1-3H3. The van der Waals surface area contributed by atoms with Gasteiger partial charge in [-0.1, -0.05) is 0 Å². The van der Waals surface area contributed by atoms with E-state index < -0.39 is 12.0 Å². The molecule has 1 saturated carbocycles. The molecule has 9 heteroatoms. The molecule has 1 aliphatic rings. The first kappa shape index (κ1) is 16.0. The number of alkyl halides is 3. The number of hydrogen-bond acceptors (Lipinski definition) is 5. The highest BCUT2D eigenvalue weighted by Crippen LogP contribution is 2.32. The van der Waals surface area contributed by atoms with Gasteiger partial charge < -0.3 is 10.0 Å². The Bertz CT molecular complexity index is 736. The minimum absolute atomic E-state index is 0.117. The maximum Gasteiger partial charge on any atom is 0.453 e. The molecule has 0 amide bonds. The van der Waals surface area contributed by atoms with Crippen molar-refractivity contribution >= 4 is 11.5 Å². The van der Waals surface area contributed by atoms with Gasteiger partial charge in [0.2, 0.25) is 0 Å². The van der Waals surface area contributed by atoms with Crippen molar-refractivity contribution in [2.75, 3.05) is 18.5 Å². The Labute approximate surface area is 130 Å². The van der Waals surface area contributed by atoms with E-state index in [-0.39, 0.29) is 11.8 Å². The van der Waals surface area contributed by atoms with Crippen LogP contribution >= 0.6 is 0 Å². The molecule has 0 unspecified atom stereocenters. The molecular weight excluding hydrogens is 311 g/mol. The monoisotopic (exact) mass is 329 g/mol. The fourth-order valence-corrected chi connectivity index (χ4v) is 2.98. The quantitative estimate of drug-likeness (QED) is 0.932. The van der Waals surface area contributed by atoms with E-state index in [1.807, 2.05) is 11.8 Å². The average molecular weight is 329 g/mol. The molecule has 2 aromatic heterocycles. The summed E-state index contributed by atoms with van der Waals surface area (Å²) >= 11 is 0. The molecule has 0 saturated heterocycles. The number of anilines is 1. The van der Waals surface area contributed by atoms with E-state index in [9.17, 15) is 18.3 Å². The summed E-state index contributed by atoms with van der Waals surface area (Å²) in [4.78, 5) is 1.83. The van der Waals surface area contributed by atoms with Crippen molar-refractivity contribution in [1.82, 2.24) is 19.8 Å². The number of aliphatic hydroxyl groups excluding tert-OH is 1. The molecule has 0 spiro atoms. The highest BCUT2D eigenvalue weighted by molar-refractivity contribution is 5.59. The largest absolute Gasteiger partial charge is 0.453 e. The van der Waals surface area contributed by atoms with Crippen LogP contribution in [0, 0.1) is 19.8 Å². The number of hydrogen-bond donors (Lipinski definition) is 1. The van der Waals surface area contributed by atoms with Crippen molar-refractivity contribution in [3.63, 3.8) is 0 Å². The molecule has 0 radical (unpaired) electrons. The number of aryl methyl sites for hydroxylation is 1. The Morgan fingerprint density at radius 2 is 1.87 bits per heavy atom. The zero-order chi connectivity index (χ0) is 16.9. The third-order valence-corrected chi connectivity index (χ3v) is 4.43. The van der Waals surface area contributed by atoms with Gasteiger partial charge in [-0.15, -0.1) is 15.3 Å². The molecule has 2 aromatic rings. The van der Waals surface area contributed by atoms with Gasteiger partial charge in [-0.05, 0) is 32.6 Å². The zero-order valence-corrected chi connectivity index (χ0v) is 13.1. The predicted octanol–water partition coefficient (Wildman–Crippen LogP) is 1.97. The lowest BCUT2D eigenvalue weighted by molar-refractivity contribution is -0.146. The number of aliphatic hydroxyl groups is 1. The Morgan fingerprint density at radius 3 is 2.43 bits per heavy atom. The highest BCUT2D eigenvalue weighted by Gasteiger charge is 2.38. The summed E-state index contributed by atoms with van der Waals surface area (Å²) < 4.78 is 39.9. The van der Waals surface area contributed by atoms with Crippen LogP contribution in [0.5, 0.6) is 0 Å². The molecule has 0 aliphatic heterocycles. The van der Waals surface area contributed by atoms with Gasteiger partial charge in [0.15, 0.2) is 11.5 Å². The molecule has 126 valence electrons. The van der Waals surface area contributed by atoms with Gasteiger partial charge >= 0.3 is 6.18 Å². The Morgan fingerprint density at radius 1 is 1.22 bits per heavy atom. The zero-order valence-electron chi connectivity index (χ0n) is 13.1. The maximum atomic E-state index is 13.0. The summed E-state index contributed by atoms with van der Waals surface area (Å²) in [6.07, 6.45) is -3.45. The molecule has 1 N–H and O–H groups in total. The van der Waals surface area contributed by atoms with Crippen molar-refractivity contribution < 1.29 is 18.3 Å². The number of fused-ring (bicyclic) bond motifs is 1. The lowest BCUT2D eigenvalue weighted by Gasteiger charge is -2.35. The van der Waals surface area contributed by atoms with E-state index in [4.69, 9.17) is 0 Å². The molecule has 2 heterocycles. The number of rotatable bonds is 3. The van der Waals surface area contributed by atoms with Crippen LogP contribution in [0.4, 0.5) is 19.0 Å².